The van der Waals surface area contributed by atoms with E-state index in [4.69, 9.17) is 4.74 Å². The minimum absolute atomic E-state index is 0.0213. The van der Waals surface area contributed by atoms with Crippen LogP contribution in [0.2, 0.25) is 0 Å². The Morgan fingerprint density at radius 2 is 2.00 bits per heavy atom. The van der Waals surface area contributed by atoms with Crippen molar-refractivity contribution in [2.75, 3.05) is 31.6 Å². The van der Waals surface area contributed by atoms with Gasteiger partial charge < -0.3 is 15.0 Å². The number of ether oxygens (including phenoxy) is 1. The lowest BCUT2D eigenvalue weighted by atomic mass is 9.88. The number of carbonyl (C=O) groups is 2. The summed E-state index contributed by atoms with van der Waals surface area (Å²) in [6.45, 7) is 4.32. The molecule has 0 saturated carbocycles. The Labute approximate surface area is 167 Å². The summed E-state index contributed by atoms with van der Waals surface area (Å²) in [5.74, 6) is -0.622. The first-order valence-electron chi connectivity index (χ1n) is 9.62. The molecule has 7 heteroatoms. The van der Waals surface area contributed by atoms with Gasteiger partial charge in [0.05, 0.1) is 24.3 Å². The number of rotatable bonds is 3. The second-order valence-corrected chi connectivity index (χ2v) is 8.50. The SMILES string of the molecule is C[C@H]1CCc2c(sc(NC(=O)c3ccccc3F)c2C(=O)N2CCOCC2)C1. The molecule has 1 aromatic carbocycles. The smallest absolute Gasteiger partial charge is 0.259 e. The Bertz CT molecular complexity index is 905. The summed E-state index contributed by atoms with van der Waals surface area (Å²) in [7, 11) is 0. The highest BCUT2D eigenvalue weighted by atomic mass is 32.1. The molecule has 2 heterocycles. The Morgan fingerprint density at radius 3 is 2.75 bits per heavy atom. The number of carbonyl (C=O) groups excluding carboxylic acids is 2. The predicted molar refractivity (Wildman–Crippen MR) is 107 cm³/mol. The zero-order valence-electron chi connectivity index (χ0n) is 15.8. The third kappa shape index (κ3) is 3.69. The van der Waals surface area contributed by atoms with Crippen molar-refractivity contribution in [2.45, 2.75) is 26.2 Å². The molecular weight excluding hydrogens is 379 g/mol. The number of nitrogens with one attached hydrogen (secondary N) is 1. The van der Waals surface area contributed by atoms with Crippen LogP contribution in [-0.2, 0) is 17.6 Å². The zero-order chi connectivity index (χ0) is 19.7. The molecule has 5 nitrogen and oxygen atoms in total. The van der Waals surface area contributed by atoms with Crippen LogP contribution in [0.5, 0.6) is 0 Å². The van der Waals surface area contributed by atoms with Crippen LogP contribution >= 0.6 is 11.3 Å². The predicted octanol–water partition coefficient (Wildman–Crippen LogP) is 3.74. The fourth-order valence-corrected chi connectivity index (χ4v) is 5.20. The van der Waals surface area contributed by atoms with E-state index >= 15 is 0 Å². The van der Waals surface area contributed by atoms with Gasteiger partial charge in [-0.25, -0.2) is 4.39 Å². The number of morpholine rings is 1. The van der Waals surface area contributed by atoms with Gasteiger partial charge in [0.1, 0.15) is 10.8 Å². The van der Waals surface area contributed by atoms with Crippen LogP contribution in [-0.4, -0.2) is 43.0 Å². The van der Waals surface area contributed by atoms with Crippen molar-refractivity contribution < 1.29 is 18.7 Å². The van der Waals surface area contributed by atoms with Crippen molar-refractivity contribution in [3.05, 3.63) is 51.7 Å². The van der Waals surface area contributed by atoms with E-state index in [1.165, 1.54) is 23.5 Å². The van der Waals surface area contributed by atoms with Gasteiger partial charge in [-0.05, 0) is 42.9 Å². The quantitative estimate of drug-likeness (QED) is 0.851. The average Bonchev–Trinajstić information content (AvgIpc) is 3.05. The molecule has 1 aliphatic carbocycles. The van der Waals surface area contributed by atoms with Crippen molar-refractivity contribution in [3.63, 3.8) is 0 Å². The van der Waals surface area contributed by atoms with E-state index in [1.807, 2.05) is 0 Å². The third-order valence-corrected chi connectivity index (χ3v) is 6.54. The molecule has 1 saturated heterocycles. The molecule has 0 bridgehead atoms. The van der Waals surface area contributed by atoms with E-state index in [1.54, 1.807) is 17.0 Å². The number of hydrogen-bond donors (Lipinski definition) is 1. The molecule has 1 N–H and O–H groups in total. The summed E-state index contributed by atoms with van der Waals surface area (Å²) in [5, 5.41) is 3.35. The Morgan fingerprint density at radius 1 is 1.25 bits per heavy atom. The molecule has 148 valence electrons. The number of fused-ring (bicyclic) bond motifs is 1. The lowest BCUT2D eigenvalue weighted by Crippen LogP contribution is -2.41. The lowest BCUT2D eigenvalue weighted by Gasteiger charge is -2.28. The summed E-state index contributed by atoms with van der Waals surface area (Å²) in [6.07, 6.45) is 2.75. The normalized spacial score (nSPS) is 19.2. The van der Waals surface area contributed by atoms with Gasteiger partial charge in [-0.1, -0.05) is 19.1 Å². The van der Waals surface area contributed by atoms with Gasteiger partial charge in [0.15, 0.2) is 0 Å². The minimum atomic E-state index is -0.573. The van der Waals surface area contributed by atoms with Crippen LogP contribution in [0.4, 0.5) is 9.39 Å². The number of hydrogen-bond acceptors (Lipinski definition) is 4. The number of thiophene rings is 1. The lowest BCUT2D eigenvalue weighted by molar-refractivity contribution is 0.0303. The van der Waals surface area contributed by atoms with Gasteiger partial charge >= 0.3 is 0 Å². The number of halogens is 1. The summed E-state index contributed by atoms with van der Waals surface area (Å²) in [6, 6.07) is 5.88. The van der Waals surface area contributed by atoms with Crippen molar-refractivity contribution in [1.82, 2.24) is 4.90 Å². The summed E-state index contributed by atoms with van der Waals surface area (Å²) < 4.78 is 19.4. The molecule has 1 atom stereocenters. The summed E-state index contributed by atoms with van der Waals surface area (Å²) in [5.41, 5.74) is 1.61. The monoisotopic (exact) mass is 402 g/mol. The summed E-state index contributed by atoms with van der Waals surface area (Å²) >= 11 is 1.45. The van der Waals surface area contributed by atoms with Gasteiger partial charge in [-0.15, -0.1) is 11.3 Å². The highest BCUT2D eigenvalue weighted by Crippen LogP contribution is 2.40. The highest BCUT2D eigenvalue weighted by molar-refractivity contribution is 7.17. The van der Waals surface area contributed by atoms with Crippen molar-refractivity contribution in [1.29, 1.82) is 0 Å². The van der Waals surface area contributed by atoms with Crippen LogP contribution in [0, 0.1) is 11.7 Å². The van der Waals surface area contributed by atoms with E-state index in [0.29, 0.717) is 42.8 Å². The Balaban J connectivity index is 1.69. The molecule has 28 heavy (non-hydrogen) atoms. The van der Waals surface area contributed by atoms with E-state index < -0.39 is 11.7 Å². The Hall–Kier alpha value is -2.25. The second-order valence-electron chi connectivity index (χ2n) is 7.39. The first kappa shape index (κ1) is 19.1. The molecular formula is C21H23FN2O3S. The first-order chi connectivity index (χ1) is 13.5. The maximum Gasteiger partial charge on any atom is 0.259 e. The van der Waals surface area contributed by atoms with E-state index in [2.05, 4.69) is 12.2 Å². The summed E-state index contributed by atoms with van der Waals surface area (Å²) in [4.78, 5) is 28.9. The number of amides is 2. The average molecular weight is 402 g/mol. The number of nitrogens with zero attached hydrogens (tertiary/aromatic N) is 1. The van der Waals surface area contributed by atoms with Crippen LogP contribution < -0.4 is 5.32 Å². The van der Waals surface area contributed by atoms with Gasteiger partial charge in [0.2, 0.25) is 0 Å². The fourth-order valence-electron chi connectivity index (χ4n) is 3.81. The maximum absolute atomic E-state index is 14.0. The van der Waals surface area contributed by atoms with Gasteiger partial charge in [0, 0.05) is 18.0 Å². The minimum Gasteiger partial charge on any atom is -0.378 e. The van der Waals surface area contributed by atoms with Crippen LogP contribution in [0.25, 0.3) is 0 Å². The molecule has 0 radical (unpaired) electrons. The largest absolute Gasteiger partial charge is 0.378 e. The van der Waals surface area contributed by atoms with E-state index in [0.717, 1.165) is 29.7 Å². The standard InChI is InChI=1S/C21H23FN2O3S/c1-13-6-7-15-17(12-13)28-20(18(15)21(26)24-8-10-27-11-9-24)23-19(25)14-4-2-3-5-16(14)22/h2-5,13H,6-12H2,1H3,(H,23,25)/t13-/m0/s1. The topological polar surface area (TPSA) is 58.6 Å². The van der Waals surface area contributed by atoms with Gasteiger partial charge in [-0.2, -0.15) is 0 Å². The molecule has 2 aromatic rings. The number of benzene rings is 1. The molecule has 0 unspecified atom stereocenters. The first-order valence-corrected chi connectivity index (χ1v) is 10.4. The molecule has 0 spiro atoms. The molecule has 2 aliphatic rings. The third-order valence-electron chi connectivity index (χ3n) is 5.37. The van der Waals surface area contributed by atoms with Gasteiger partial charge in [-0.3, -0.25) is 9.59 Å². The van der Waals surface area contributed by atoms with Crippen LogP contribution in [0.1, 0.15) is 44.5 Å². The molecule has 2 amide bonds. The van der Waals surface area contributed by atoms with Crippen LogP contribution in [0.15, 0.2) is 24.3 Å². The molecule has 1 aromatic heterocycles. The maximum atomic E-state index is 14.0. The van der Waals surface area contributed by atoms with Crippen LogP contribution in [0.3, 0.4) is 0 Å². The number of anilines is 1. The van der Waals surface area contributed by atoms with Gasteiger partial charge in [0.25, 0.3) is 11.8 Å². The van der Waals surface area contributed by atoms with Crippen molar-refractivity contribution >= 4 is 28.2 Å². The van der Waals surface area contributed by atoms with E-state index in [9.17, 15) is 14.0 Å². The Kier molecular flexibility index (Phi) is 5.46. The van der Waals surface area contributed by atoms with Crippen molar-refractivity contribution in [2.24, 2.45) is 5.92 Å². The molecule has 4 rings (SSSR count). The zero-order valence-corrected chi connectivity index (χ0v) is 16.6. The molecule has 1 aliphatic heterocycles. The fraction of sp³-hybridized carbons (Fsp3) is 0.429. The second kappa shape index (κ2) is 8.01. The molecule has 1 fully saturated rings. The highest BCUT2D eigenvalue weighted by Gasteiger charge is 2.31. The van der Waals surface area contributed by atoms with E-state index in [-0.39, 0.29) is 11.5 Å². The van der Waals surface area contributed by atoms with Crippen molar-refractivity contribution in [3.8, 4) is 0 Å².